The number of halogens is 1. The molecule has 0 bridgehead atoms. The van der Waals surface area contributed by atoms with Crippen LogP contribution in [0.2, 0.25) is 0 Å². The lowest BCUT2D eigenvalue weighted by Crippen LogP contribution is -2.25. The summed E-state index contributed by atoms with van der Waals surface area (Å²) >= 11 is 0. The van der Waals surface area contributed by atoms with Gasteiger partial charge in [0.15, 0.2) is 0 Å². The molecule has 0 fully saturated rings. The third-order valence-electron chi connectivity index (χ3n) is 1.51. The molecule has 0 radical (unpaired) electrons. The largest absolute Gasteiger partial charge is 0.278 e. The van der Waals surface area contributed by atoms with Gasteiger partial charge in [0.1, 0.15) is 5.82 Å². The highest BCUT2D eigenvalue weighted by Crippen LogP contribution is 2.03. The number of carbonyl (C=O) groups is 1. The van der Waals surface area contributed by atoms with E-state index in [1.165, 1.54) is 20.4 Å². The van der Waals surface area contributed by atoms with Crippen molar-refractivity contribution in [2.75, 3.05) is 14.2 Å². The van der Waals surface area contributed by atoms with Crippen LogP contribution in [0.5, 0.6) is 0 Å². The molecule has 1 rings (SSSR count). The highest BCUT2D eigenvalue weighted by Gasteiger charge is 2.11. The molecule has 0 aliphatic heterocycles. The van der Waals surface area contributed by atoms with E-state index in [-0.39, 0.29) is 5.56 Å². The molecular formula is C8H9FN2O2. The molecule has 0 aliphatic rings. The molecule has 0 aromatic carbocycles. The van der Waals surface area contributed by atoms with Crippen molar-refractivity contribution in [2.24, 2.45) is 0 Å². The average molecular weight is 184 g/mol. The molecule has 70 valence electrons. The summed E-state index contributed by atoms with van der Waals surface area (Å²) in [5.41, 5.74) is 0.157. The van der Waals surface area contributed by atoms with Gasteiger partial charge in [-0.25, -0.2) is 9.45 Å². The van der Waals surface area contributed by atoms with Crippen LogP contribution in [-0.2, 0) is 4.84 Å². The van der Waals surface area contributed by atoms with Crippen molar-refractivity contribution in [1.82, 2.24) is 10.0 Å². The van der Waals surface area contributed by atoms with E-state index in [1.54, 1.807) is 0 Å². The Labute approximate surface area is 74.9 Å². The molecular weight excluding hydrogens is 175 g/mol. The Bertz CT molecular complexity index is 317. The normalized spacial score (nSPS) is 9.77. The number of hydroxylamine groups is 2. The van der Waals surface area contributed by atoms with Gasteiger partial charge < -0.3 is 0 Å². The number of carbonyl (C=O) groups excluding carboxylic acids is 1. The molecule has 0 N–H and O–H groups in total. The van der Waals surface area contributed by atoms with Crippen molar-refractivity contribution in [2.45, 2.75) is 0 Å². The first-order valence-electron chi connectivity index (χ1n) is 3.58. The summed E-state index contributed by atoms with van der Waals surface area (Å²) in [6.45, 7) is 0. The maximum absolute atomic E-state index is 12.6. The minimum atomic E-state index is -0.546. The van der Waals surface area contributed by atoms with Gasteiger partial charge in [0.05, 0.1) is 18.9 Å². The van der Waals surface area contributed by atoms with Gasteiger partial charge in [-0.1, -0.05) is 0 Å². The van der Waals surface area contributed by atoms with E-state index in [9.17, 15) is 9.18 Å². The number of hydrogen-bond donors (Lipinski definition) is 0. The predicted octanol–water partition coefficient (Wildman–Crippen LogP) is 0.854. The number of hydrogen-bond acceptors (Lipinski definition) is 3. The van der Waals surface area contributed by atoms with Crippen LogP contribution in [0, 0.1) is 5.82 Å². The first-order chi connectivity index (χ1) is 6.15. The van der Waals surface area contributed by atoms with Gasteiger partial charge >= 0.3 is 0 Å². The Morgan fingerprint density at radius 3 is 2.85 bits per heavy atom. The molecule has 0 unspecified atom stereocenters. The van der Waals surface area contributed by atoms with Gasteiger partial charge in [-0.15, -0.1) is 0 Å². The van der Waals surface area contributed by atoms with Gasteiger partial charge in [-0.05, 0) is 6.07 Å². The Hall–Kier alpha value is -1.49. The van der Waals surface area contributed by atoms with Crippen molar-refractivity contribution >= 4 is 5.91 Å². The molecule has 1 aromatic heterocycles. The lowest BCUT2D eigenvalue weighted by Gasteiger charge is -2.12. The van der Waals surface area contributed by atoms with Crippen molar-refractivity contribution in [1.29, 1.82) is 0 Å². The highest BCUT2D eigenvalue weighted by atomic mass is 19.1. The summed E-state index contributed by atoms with van der Waals surface area (Å²) < 4.78 is 12.6. The van der Waals surface area contributed by atoms with E-state index in [0.29, 0.717) is 0 Å². The minimum Gasteiger partial charge on any atom is -0.274 e. The van der Waals surface area contributed by atoms with E-state index in [1.807, 2.05) is 0 Å². The van der Waals surface area contributed by atoms with E-state index < -0.39 is 11.7 Å². The zero-order chi connectivity index (χ0) is 9.84. The second-order valence-corrected chi connectivity index (χ2v) is 2.38. The lowest BCUT2D eigenvalue weighted by atomic mass is 10.2. The minimum absolute atomic E-state index is 0.157. The molecule has 0 spiro atoms. The summed E-state index contributed by atoms with van der Waals surface area (Å²) in [6.07, 6.45) is 2.31. The van der Waals surface area contributed by atoms with Gasteiger partial charge in [-0.2, -0.15) is 0 Å². The summed E-state index contributed by atoms with van der Waals surface area (Å²) in [4.78, 5) is 19.5. The third-order valence-corrected chi connectivity index (χ3v) is 1.51. The fourth-order valence-corrected chi connectivity index (χ4v) is 0.794. The molecule has 13 heavy (non-hydrogen) atoms. The summed E-state index contributed by atoms with van der Waals surface area (Å²) in [7, 11) is 2.79. The Kier molecular flexibility index (Phi) is 2.92. The van der Waals surface area contributed by atoms with Crippen LogP contribution in [0.4, 0.5) is 4.39 Å². The fraction of sp³-hybridized carbons (Fsp3) is 0.250. The van der Waals surface area contributed by atoms with Gasteiger partial charge in [0.2, 0.25) is 0 Å². The van der Waals surface area contributed by atoms with E-state index >= 15 is 0 Å². The standard InChI is InChI=1S/C8H9FN2O2/c1-11(13-2)8(12)6-3-7(9)5-10-4-6/h3-5H,1-2H3. The number of nitrogens with zero attached hydrogens (tertiary/aromatic N) is 2. The molecule has 1 amide bonds. The Morgan fingerprint density at radius 2 is 2.31 bits per heavy atom. The summed E-state index contributed by atoms with van der Waals surface area (Å²) in [5, 5.41) is 0.996. The van der Waals surface area contributed by atoms with Crippen LogP contribution in [-0.4, -0.2) is 30.1 Å². The van der Waals surface area contributed by atoms with E-state index in [0.717, 1.165) is 17.3 Å². The molecule has 1 heterocycles. The second kappa shape index (κ2) is 3.95. The summed E-state index contributed by atoms with van der Waals surface area (Å²) in [5.74, 6) is -0.982. The first-order valence-corrected chi connectivity index (χ1v) is 3.58. The van der Waals surface area contributed by atoms with Gasteiger partial charge in [0, 0.05) is 13.2 Å². The molecule has 0 saturated carbocycles. The van der Waals surface area contributed by atoms with Crippen molar-refractivity contribution in [3.63, 3.8) is 0 Å². The molecule has 0 saturated heterocycles. The van der Waals surface area contributed by atoms with Gasteiger partial charge in [0.25, 0.3) is 5.91 Å². The zero-order valence-electron chi connectivity index (χ0n) is 7.32. The number of aromatic nitrogens is 1. The Morgan fingerprint density at radius 1 is 1.62 bits per heavy atom. The van der Waals surface area contributed by atoms with Crippen molar-refractivity contribution in [3.05, 3.63) is 29.8 Å². The number of pyridine rings is 1. The van der Waals surface area contributed by atoms with Crippen LogP contribution in [0.15, 0.2) is 18.5 Å². The monoisotopic (exact) mass is 184 g/mol. The van der Waals surface area contributed by atoms with E-state index in [2.05, 4.69) is 9.82 Å². The Balaban J connectivity index is 2.89. The maximum Gasteiger partial charge on any atom is 0.278 e. The smallest absolute Gasteiger partial charge is 0.274 e. The molecule has 1 aromatic rings. The number of amides is 1. The van der Waals surface area contributed by atoms with Gasteiger partial charge in [-0.3, -0.25) is 14.6 Å². The number of rotatable bonds is 2. The van der Waals surface area contributed by atoms with Crippen molar-refractivity contribution < 1.29 is 14.0 Å². The third kappa shape index (κ3) is 2.22. The topological polar surface area (TPSA) is 42.4 Å². The highest BCUT2D eigenvalue weighted by molar-refractivity contribution is 5.92. The summed E-state index contributed by atoms with van der Waals surface area (Å²) in [6, 6.07) is 1.10. The van der Waals surface area contributed by atoms with Crippen molar-refractivity contribution in [3.8, 4) is 0 Å². The van der Waals surface area contributed by atoms with Crippen LogP contribution in [0.25, 0.3) is 0 Å². The lowest BCUT2D eigenvalue weighted by molar-refractivity contribution is -0.0757. The van der Waals surface area contributed by atoms with Crippen LogP contribution >= 0.6 is 0 Å². The molecule has 5 heteroatoms. The molecule has 0 aliphatic carbocycles. The second-order valence-electron chi connectivity index (χ2n) is 2.38. The van der Waals surface area contributed by atoms with E-state index in [4.69, 9.17) is 0 Å². The zero-order valence-corrected chi connectivity index (χ0v) is 7.32. The first kappa shape index (κ1) is 9.60. The quantitative estimate of drug-likeness (QED) is 0.640. The van der Waals surface area contributed by atoms with Crippen LogP contribution in [0.3, 0.4) is 0 Å². The van der Waals surface area contributed by atoms with Crippen LogP contribution in [0.1, 0.15) is 10.4 Å². The predicted molar refractivity (Wildman–Crippen MR) is 43.3 cm³/mol. The molecule has 0 atom stereocenters. The van der Waals surface area contributed by atoms with Crippen LogP contribution < -0.4 is 0 Å². The average Bonchev–Trinajstić information content (AvgIpc) is 2.15. The SMILES string of the molecule is CON(C)C(=O)c1cncc(F)c1. The maximum atomic E-state index is 12.6. The fourth-order valence-electron chi connectivity index (χ4n) is 0.794. The molecule has 4 nitrogen and oxygen atoms in total.